The van der Waals surface area contributed by atoms with Crippen molar-refractivity contribution in [2.75, 3.05) is 23.8 Å². The molecule has 3 heterocycles. The van der Waals surface area contributed by atoms with Crippen molar-refractivity contribution in [1.82, 2.24) is 14.7 Å². The van der Waals surface area contributed by atoms with Crippen LogP contribution >= 0.6 is 11.6 Å². The van der Waals surface area contributed by atoms with Crippen LogP contribution in [0.2, 0.25) is 5.02 Å². The Hall–Kier alpha value is -3.03. The lowest BCUT2D eigenvalue weighted by molar-refractivity contribution is 0.194. The maximum Gasteiger partial charge on any atom is 0.323 e. The monoisotopic (exact) mass is 465 g/mol. The summed E-state index contributed by atoms with van der Waals surface area (Å²) in [6.07, 6.45) is 7.05. The van der Waals surface area contributed by atoms with E-state index in [-0.39, 0.29) is 6.03 Å². The second kappa shape index (κ2) is 9.45. The zero-order valence-electron chi connectivity index (χ0n) is 18.6. The molecule has 5 rings (SSSR count). The van der Waals surface area contributed by atoms with Crippen LogP contribution in [0.5, 0.6) is 5.75 Å². The zero-order valence-corrected chi connectivity index (χ0v) is 19.4. The van der Waals surface area contributed by atoms with Crippen LogP contribution in [0.25, 0.3) is 11.3 Å². The Morgan fingerprint density at radius 2 is 1.70 bits per heavy atom. The molecule has 2 N–H and O–H groups in total. The lowest BCUT2D eigenvalue weighted by Gasteiger charge is -2.22. The van der Waals surface area contributed by atoms with E-state index >= 15 is 0 Å². The van der Waals surface area contributed by atoms with Gasteiger partial charge in [0.15, 0.2) is 0 Å². The average molecular weight is 466 g/mol. The maximum atomic E-state index is 12.5. The number of ether oxygens (including phenoxy) is 1. The second-order valence-corrected chi connectivity index (χ2v) is 9.12. The Labute approximate surface area is 198 Å². The molecule has 0 radical (unpaired) electrons. The van der Waals surface area contributed by atoms with Crippen molar-refractivity contribution < 1.29 is 9.53 Å². The number of aryl methyl sites for hydroxylation is 1. The van der Waals surface area contributed by atoms with E-state index in [0.717, 1.165) is 35.6 Å². The third-order valence-corrected chi connectivity index (χ3v) is 6.90. The molecule has 8 heteroatoms. The van der Waals surface area contributed by atoms with E-state index in [4.69, 9.17) is 16.3 Å². The van der Waals surface area contributed by atoms with Gasteiger partial charge in [0.05, 0.1) is 5.69 Å². The van der Waals surface area contributed by atoms with Gasteiger partial charge in [0, 0.05) is 53.8 Å². The molecule has 2 amide bonds. The van der Waals surface area contributed by atoms with Crippen LogP contribution in [-0.4, -0.2) is 45.9 Å². The van der Waals surface area contributed by atoms with Crippen LogP contribution in [-0.2, 0) is 7.05 Å². The fraction of sp³-hybridized carbons (Fsp3) is 0.360. The van der Waals surface area contributed by atoms with Crippen molar-refractivity contribution in [2.45, 2.75) is 37.8 Å². The van der Waals surface area contributed by atoms with E-state index in [1.165, 1.54) is 25.7 Å². The van der Waals surface area contributed by atoms with Gasteiger partial charge in [-0.15, -0.1) is 0 Å². The van der Waals surface area contributed by atoms with E-state index in [1.54, 1.807) is 35.1 Å². The number of carbonyl (C=O) groups is 1. The highest BCUT2D eigenvalue weighted by Gasteiger charge is 2.38. The van der Waals surface area contributed by atoms with Crippen LogP contribution in [0, 0.1) is 0 Å². The molecule has 2 aliphatic rings. The molecular formula is C25H28ClN5O2. The number of urea groups is 1. The lowest BCUT2D eigenvalue weighted by Crippen LogP contribution is -2.32. The molecule has 0 saturated carbocycles. The standard InChI is InChI=1S/C25H28ClN5O2/c1-30-23(12-13-27-30)22-16-19(29-25(32)28-18-4-2-17(26)3-5-18)6-11-24(22)33-15-14-31-20-7-8-21(31)10-9-20/h2-6,11-13,16,20-21H,7-10,14-15H2,1H3,(H2,28,29,32). The van der Waals surface area contributed by atoms with Crippen molar-refractivity contribution in [2.24, 2.45) is 7.05 Å². The van der Waals surface area contributed by atoms with Crippen molar-refractivity contribution in [1.29, 1.82) is 0 Å². The molecule has 7 nitrogen and oxygen atoms in total. The lowest BCUT2D eigenvalue weighted by atomic mass is 10.0. The zero-order chi connectivity index (χ0) is 22.8. The fourth-order valence-electron chi connectivity index (χ4n) is 5.04. The van der Waals surface area contributed by atoms with Crippen LogP contribution in [0.1, 0.15) is 25.7 Å². The highest BCUT2D eigenvalue weighted by Crippen LogP contribution is 2.37. The predicted molar refractivity (Wildman–Crippen MR) is 131 cm³/mol. The number of hydrogen-bond donors (Lipinski definition) is 2. The maximum absolute atomic E-state index is 12.5. The van der Waals surface area contributed by atoms with Crippen LogP contribution in [0.4, 0.5) is 16.2 Å². The van der Waals surface area contributed by atoms with Crippen LogP contribution in [0.15, 0.2) is 54.7 Å². The van der Waals surface area contributed by atoms with Crippen molar-refractivity contribution >= 4 is 29.0 Å². The third kappa shape index (κ3) is 4.84. The van der Waals surface area contributed by atoms with Gasteiger partial charge in [-0.2, -0.15) is 5.10 Å². The molecule has 33 heavy (non-hydrogen) atoms. The molecule has 2 aliphatic heterocycles. The third-order valence-electron chi connectivity index (χ3n) is 6.65. The number of hydrogen-bond acceptors (Lipinski definition) is 4. The summed E-state index contributed by atoms with van der Waals surface area (Å²) in [5.74, 6) is 0.786. The van der Waals surface area contributed by atoms with Gasteiger partial charge in [0.25, 0.3) is 0 Å². The van der Waals surface area contributed by atoms with E-state index in [2.05, 4.69) is 20.6 Å². The molecule has 172 valence electrons. The van der Waals surface area contributed by atoms with Gasteiger partial charge >= 0.3 is 6.03 Å². The Kier molecular flexibility index (Phi) is 6.24. The molecule has 0 unspecified atom stereocenters. The number of benzene rings is 2. The summed E-state index contributed by atoms with van der Waals surface area (Å²) >= 11 is 5.91. The van der Waals surface area contributed by atoms with Gasteiger partial charge in [-0.05, 0) is 74.2 Å². The van der Waals surface area contributed by atoms with Gasteiger partial charge in [-0.25, -0.2) is 4.79 Å². The molecule has 0 aliphatic carbocycles. The number of nitrogens with zero attached hydrogens (tertiary/aromatic N) is 3. The van der Waals surface area contributed by atoms with Gasteiger partial charge in [0.2, 0.25) is 0 Å². The van der Waals surface area contributed by atoms with E-state index in [0.29, 0.717) is 23.0 Å². The van der Waals surface area contributed by atoms with Crippen LogP contribution < -0.4 is 15.4 Å². The Bertz CT molecular complexity index is 1110. The topological polar surface area (TPSA) is 71.4 Å². The predicted octanol–water partition coefficient (Wildman–Crippen LogP) is 5.39. The quantitative estimate of drug-likeness (QED) is 0.490. The summed E-state index contributed by atoms with van der Waals surface area (Å²) in [5.41, 5.74) is 3.15. The normalized spacial score (nSPS) is 19.6. The van der Waals surface area contributed by atoms with E-state index in [1.807, 2.05) is 31.3 Å². The number of nitrogens with one attached hydrogen (secondary N) is 2. The van der Waals surface area contributed by atoms with Gasteiger partial charge in [-0.1, -0.05) is 11.6 Å². The summed E-state index contributed by atoms with van der Waals surface area (Å²) in [5, 5.41) is 10.6. The van der Waals surface area contributed by atoms with E-state index < -0.39 is 0 Å². The molecular weight excluding hydrogens is 438 g/mol. The number of carbonyl (C=O) groups excluding carboxylic acids is 1. The molecule has 3 aromatic rings. The Morgan fingerprint density at radius 1 is 1.03 bits per heavy atom. The number of aromatic nitrogens is 2. The first-order valence-corrected chi connectivity index (χ1v) is 11.8. The minimum absolute atomic E-state index is 0.327. The molecule has 2 aromatic carbocycles. The first-order valence-electron chi connectivity index (χ1n) is 11.4. The molecule has 2 fully saturated rings. The highest BCUT2D eigenvalue weighted by molar-refractivity contribution is 6.30. The number of rotatable bonds is 7. The van der Waals surface area contributed by atoms with Crippen molar-refractivity contribution in [3.63, 3.8) is 0 Å². The largest absolute Gasteiger partial charge is 0.492 e. The number of fused-ring (bicyclic) bond motifs is 2. The van der Waals surface area contributed by atoms with Gasteiger partial charge in [-0.3, -0.25) is 9.58 Å². The average Bonchev–Trinajstić information content (AvgIpc) is 3.52. The highest BCUT2D eigenvalue weighted by atomic mass is 35.5. The first kappa shape index (κ1) is 21.8. The summed E-state index contributed by atoms with van der Waals surface area (Å²) in [6.45, 7) is 1.59. The molecule has 0 spiro atoms. The fourth-order valence-corrected chi connectivity index (χ4v) is 5.17. The molecule has 0 atom stereocenters. The summed E-state index contributed by atoms with van der Waals surface area (Å²) < 4.78 is 8.05. The molecule has 1 aromatic heterocycles. The number of amides is 2. The summed E-state index contributed by atoms with van der Waals surface area (Å²) in [4.78, 5) is 15.1. The minimum atomic E-state index is -0.327. The second-order valence-electron chi connectivity index (χ2n) is 8.69. The SMILES string of the molecule is Cn1nccc1-c1cc(NC(=O)Nc2ccc(Cl)cc2)ccc1OCCN1C2CCC1CC2. The van der Waals surface area contributed by atoms with E-state index in [9.17, 15) is 4.79 Å². The van der Waals surface area contributed by atoms with Crippen molar-refractivity contribution in [3.8, 4) is 17.0 Å². The first-order chi connectivity index (χ1) is 16.1. The molecule has 2 bridgehead atoms. The van der Waals surface area contributed by atoms with Gasteiger partial charge < -0.3 is 15.4 Å². The number of anilines is 2. The van der Waals surface area contributed by atoms with Crippen LogP contribution in [0.3, 0.4) is 0 Å². The smallest absolute Gasteiger partial charge is 0.323 e. The van der Waals surface area contributed by atoms with Gasteiger partial charge in [0.1, 0.15) is 12.4 Å². The summed E-state index contributed by atoms with van der Waals surface area (Å²) in [6, 6.07) is 15.8. The number of halogens is 1. The van der Waals surface area contributed by atoms with Crippen molar-refractivity contribution in [3.05, 3.63) is 59.8 Å². The Morgan fingerprint density at radius 3 is 2.36 bits per heavy atom. The Balaban J connectivity index is 1.29. The summed E-state index contributed by atoms with van der Waals surface area (Å²) in [7, 11) is 1.90. The molecule has 2 saturated heterocycles. The minimum Gasteiger partial charge on any atom is -0.492 e.